The van der Waals surface area contributed by atoms with E-state index in [9.17, 15) is 19.2 Å². The number of hydrogen-bond donors (Lipinski definition) is 2. The van der Waals surface area contributed by atoms with Crippen LogP contribution in [0.2, 0.25) is 0 Å². The summed E-state index contributed by atoms with van der Waals surface area (Å²) in [6.07, 6.45) is -0.266. The van der Waals surface area contributed by atoms with E-state index in [1.807, 2.05) is 30.3 Å². The number of benzene rings is 3. The highest BCUT2D eigenvalue weighted by Crippen LogP contribution is 2.23. The molecule has 1 heterocycles. The van der Waals surface area contributed by atoms with Gasteiger partial charge in [0.05, 0.1) is 25.6 Å². The average molecular weight is 517 g/mol. The zero-order valence-corrected chi connectivity index (χ0v) is 20.7. The van der Waals surface area contributed by atoms with Gasteiger partial charge in [-0.3, -0.25) is 24.7 Å². The Morgan fingerprint density at radius 2 is 1.51 bits per heavy atom. The Bertz CT molecular complexity index is 1320. The monoisotopic (exact) mass is 516 g/mol. The standard InChI is InChI=1S/C27H24N4O5S/c1-36-26(35)20-12-14-21(15-13-20)28-23(32)16-22-25(34)30(17-18-8-4-2-5-9-18)27(37)31(22)29-24(33)19-10-6-3-7-11-19/h2-15,22H,16-17H2,1H3,(H,28,32)(H,29,33)/t22-/m1/s1. The Morgan fingerprint density at radius 3 is 2.14 bits per heavy atom. The van der Waals surface area contributed by atoms with Gasteiger partial charge in [0.1, 0.15) is 6.04 Å². The van der Waals surface area contributed by atoms with Crippen molar-refractivity contribution in [3.63, 3.8) is 0 Å². The SMILES string of the molecule is COC(=O)c1ccc(NC(=O)C[C@@H]2C(=O)N(Cc3ccccc3)C(=S)N2NC(=O)c2ccccc2)cc1. The number of nitrogens with zero attached hydrogens (tertiary/aromatic N) is 2. The van der Waals surface area contributed by atoms with Gasteiger partial charge >= 0.3 is 5.97 Å². The van der Waals surface area contributed by atoms with Crippen molar-refractivity contribution in [2.75, 3.05) is 12.4 Å². The first-order valence-electron chi connectivity index (χ1n) is 11.4. The predicted molar refractivity (Wildman–Crippen MR) is 140 cm³/mol. The zero-order chi connectivity index (χ0) is 26.4. The maximum Gasteiger partial charge on any atom is 0.337 e. The third kappa shape index (κ3) is 5.99. The molecule has 1 aliphatic heterocycles. The maximum absolute atomic E-state index is 13.4. The molecule has 188 valence electrons. The van der Waals surface area contributed by atoms with E-state index in [0.717, 1.165) is 5.56 Å². The van der Waals surface area contributed by atoms with Crippen molar-refractivity contribution in [2.24, 2.45) is 0 Å². The molecule has 0 unspecified atom stereocenters. The number of hydrogen-bond acceptors (Lipinski definition) is 6. The summed E-state index contributed by atoms with van der Waals surface area (Å²) in [6, 6.07) is 22.9. The van der Waals surface area contributed by atoms with Crippen molar-refractivity contribution in [1.29, 1.82) is 0 Å². The van der Waals surface area contributed by atoms with Crippen LogP contribution >= 0.6 is 12.2 Å². The number of ether oxygens (including phenoxy) is 1. The highest BCUT2D eigenvalue weighted by atomic mass is 32.1. The van der Waals surface area contributed by atoms with Crippen LogP contribution in [0, 0.1) is 0 Å². The second kappa shape index (κ2) is 11.4. The van der Waals surface area contributed by atoms with Crippen LogP contribution in [0.5, 0.6) is 0 Å². The van der Waals surface area contributed by atoms with E-state index in [2.05, 4.69) is 15.5 Å². The molecule has 3 amide bonds. The lowest BCUT2D eigenvalue weighted by atomic mass is 10.1. The summed E-state index contributed by atoms with van der Waals surface area (Å²) in [5.41, 5.74) is 4.70. The average Bonchev–Trinajstić information content (AvgIpc) is 3.13. The van der Waals surface area contributed by atoms with E-state index in [4.69, 9.17) is 12.2 Å². The third-order valence-corrected chi connectivity index (χ3v) is 6.13. The largest absolute Gasteiger partial charge is 0.465 e. The molecule has 0 spiro atoms. The molecule has 0 aromatic heterocycles. The summed E-state index contributed by atoms with van der Waals surface area (Å²) < 4.78 is 4.68. The summed E-state index contributed by atoms with van der Waals surface area (Å²) in [6.45, 7) is 0.198. The van der Waals surface area contributed by atoms with Crippen molar-refractivity contribution in [1.82, 2.24) is 15.3 Å². The molecule has 1 aliphatic rings. The fourth-order valence-corrected chi connectivity index (χ4v) is 4.15. The number of methoxy groups -OCH3 is 1. The van der Waals surface area contributed by atoms with Gasteiger partial charge in [-0.25, -0.2) is 9.80 Å². The number of esters is 1. The van der Waals surface area contributed by atoms with Gasteiger partial charge in [0.25, 0.3) is 11.8 Å². The van der Waals surface area contributed by atoms with Gasteiger partial charge < -0.3 is 10.1 Å². The summed E-state index contributed by atoms with van der Waals surface area (Å²) >= 11 is 5.56. The number of hydrazine groups is 1. The lowest BCUT2D eigenvalue weighted by Gasteiger charge is -2.24. The minimum Gasteiger partial charge on any atom is -0.465 e. The van der Waals surface area contributed by atoms with E-state index in [-0.39, 0.29) is 18.1 Å². The topological polar surface area (TPSA) is 108 Å². The summed E-state index contributed by atoms with van der Waals surface area (Å²) in [4.78, 5) is 52.2. The van der Waals surface area contributed by atoms with Crippen LogP contribution in [0.25, 0.3) is 0 Å². The second-order valence-electron chi connectivity index (χ2n) is 8.21. The van der Waals surface area contributed by atoms with Crippen molar-refractivity contribution >= 4 is 46.7 Å². The van der Waals surface area contributed by atoms with Gasteiger partial charge in [0.2, 0.25) is 5.91 Å². The van der Waals surface area contributed by atoms with Gasteiger partial charge in [0, 0.05) is 11.3 Å². The molecule has 0 bridgehead atoms. The van der Waals surface area contributed by atoms with Crippen LogP contribution in [0.15, 0.2) is 84.9 Å². The number of thiocarbonyl (C=S) groups is 1. The smallest absolute Gasteiger partial charge is 0.337 e. The number of carbonyl (C=O) groups excluding carboxylic acids is 4. The lowest BCUT2D eigenvalue weighted by Crippen LogP contribution is -2.49. The minimum atomic E-state index is -1.04. The molecule has 1 atom stereocenters. The lowest BCUT2D eigenvalue weighted by molar-refractivity contribution is -0.131. The van der Waals surface area contributed by atoms with Gasteiger partial charge in [-0.15, -0.1) is 0 Å². The van der Waals surface area contributed by atoms with E-state index in [1.54, 1.807) is 42.5 Å². The Hall–Kier alpha value is -4.57. The third-order valence-electron chi connectivity index (χ3n) is 5.71. The summed E-state index contributed by atoms with van der Waals surface area (Å²) in [7, 11) is 1.28. The first-order valence-corrected chi connectivity index (χ1v) is 11.8. The van der Waals surface area contributed by atoms with Crippen LogP contribution in [-0.4, -0.2) is 51.9 Å². The van der Waals surface area contributed by atoms with Crippen molar-refractivity contribution in [3.8, 4) is 0 Å². The van der Waals surface area contributed by atoms with E-state index >= 15 is 0 Å². The van der Waals surface area contributed by atoms with E-state index in [0.29, 0.717) is 16.8 Å². The highest BCUT2D eigenvalue weighted by molar-refractivity contribution is 7.80. The molecule has 1 saturated heterocycles. The second-order valence-corrected chi connectivity index (χ2v) is 8.57. The summed E-state index contributed by atoms with van der Waals surface area (Å²) in [5, 5.41) is 4.08. The van der Waals surface area contributed by atoms with Crippen LogP contribution < -0.4 is 10.7 Å². The van der Waals surface area contributed by atoms with Gasteiger partial charge in [-0.1, -0.05) is 48.5 Å². The molecule has 4 rings (SSSR count). The van der Waals surface area contributed by atoms with Crippen molar-refractivity contribution in [3.05, 3.63) is 102 Å². The highest BCUT2D eigenvalue weighted by Gasteiger charge is 2.44. The van der Waals surface area contributed by atoms with Gasteiger partial charge in [0.15, 0.2) is 5.11 Å². The maximum atomic E-state index is 13.4. The number of nitrogens with one attached hydrogen (secondary N) is 2. The van der Waals surface area contributed by atoms with Gasteiger partial charge in [-0.05, 0) is 54.2 Å². The molecule has 2 N–H and O–H groups in total. The Balaban J connectivity index is 1.52. The van der Waals surface area contributed by atoms with Crippen LogP contribution in [0.4, 0.5) is 5.69 Å². The predicted octanol–water partition coefficient (Wildman–Crippen LogP) is 3.14. The number of anilines is 1. The Morgan fingerprint density at radius 1 is 0.892 bits per heavy atom. The Kier molecular flexibility index (Phi) is 7.89. The molecule has 3 aromatic rings. The molecule has 9 nitrogen and oxygen atoms in total. The van der Waals surface area contributed by atoms with Crippen LogP contribution in [0.1, 0.15) is 32.7 Å². The van der Waals surface area contributed by atoms with Crippen molar-refractivity contribution < 1.29 is 23.9 Å². The number of carbonyl (C=O) groups is 4. The summed E-state index contributed by atoms with van der Waals surface area (Å²) in [5.74, 6) is -1.82. The molecule has 3 aromatic carbocycles. The molecule has 37 heavy (non-hydrogen) atoms. The van der Waals surface area contributed by atoms with Crippen LogP contribution in [-0.2, 0) is 20.9 Å². The molecule has 0 saturated carbocycles. The van der Waals surface area contributed by atoms with Crippen molar-refractivity contribution in [2.45, 2.75) is 19.0 Å². The fraction of sp³-hybridized carbons (Fsp3) is 0.148. The number of rotatable bonds is 8. The molecular formula is C27H24N4O5S. The molecule has 0 radical (unpaired) electrons. The van der Waals surface area contributed by atoms with Crippen LogP contribution in [0.3, 0.4) is 0 Å². The van der Waals surface area contributed by atoms with Gasteiger partial charge in [-0.2, -0.15) is 0 Å². The quantitative estimate of drug-likeness (QED) is 0.350. The zero-order valence-electron chi connectivity index (χ0n) is 19.9. The normalized spacial score (nSPS) is 14.9. The Labute approximate surface area is 219 Å². The fourth-order valence-electron chi connectivity index (χ4n) is 3.82. The first-order chi connectivity index (χ1) is 17.9. The minimum absolute atomic E-state index is 0.0957. The van der Waals surface area contributed by atoms with E-state index < -0.39 is 29.7 Å². The molecule has 10 heteroatoms. The molecule has 0 aliphatic carbocycles. The van der Waals surface area contributed by atoms with E-state index in [1.165, 1.54) is 29.2 Å². The number of amides is 3. The molecule has 1 fully saturated rings. The molecular weight excluding hydrogens is 492 g/mol. The first kappa shape index (κ1) is 25.5.